The van der Waals surface area contributed by atoms with Crippen LogP contribution in [-0.2, 0) is 0 Å². The van der Waals surface area contributed by atoms with Gasteiger partial charge < -0.3 is 10.2 Å². The molecular formula is C16H22O2. The Morgan fingerprint density at radius 3 is 2.50 bits per heavy atom. The lowest BCUT2D eigenvalue weighted by atomic mass is 9.43. The van der Waals surface area contributed by atoms with Gasteiger partial charge in [-0.25, -0.2) is 0 Å². The van der Waals surface area contributed by atoms with Gasteiger partial charge >= 0.3 is 0 Å². The Kier molecular flexibility index (Phi) is 2.42. The third-order valence-corrected chi connectivity index (χ3v) is 5.76. The summed E-state index contributed by atoms with van der Waals surface area (Å²) in [5.74, 6) is 3.09. The van der Waals surface area contributed by atoms with Crippen LogP contribution in [0.15, 0.2) is 18.2 Å². The summed E-state index contributed by atoms with van der Waals surface area (Å²) in [5, 5.41) is 19.6. The normalized spacial score (nSPS) is 37.1. The number of fused-ring (bicyclic) bond motifs is 2. The number of phenols is 2. The van der Waals surface area contributed by atoms with Crippen molar-refractivity contribution in [3.63, 3.8) is 0 Å². The number of benzene rings is 1. The predicted octanol–water partition coefficient (Wildman–Crippen LogP) is 3.88. The molecule has 0 aliphatic heterocycles. The van der Waals surface area contributed by atoms with E-state index in [0.717, 1.165) is 23.8 Å². The molecule has 0 aromatic heterocycles. The number of rotatable bonds is 1. The van der Waals surface area contributed by atoms with Gasteiger partial charge in [0.15, 0.2) is 0 Å². The smallest absolute Gasteiger partial charge is 0.119 e. The van der Waals surface area contributed by atoms with Crippen molar-refractivity contribution in [2.75, 3.05) is 0 Å². The summed E-state index contributed by atoms with van der Waals surface area (Å²) in [6, 6.07) is 4.91. The zero-order valence-electron chi connectivity index (χ0n) is 11.4. The van der Waals surface area contributed by atoms with Gasteiger partial charge in [0.05, 0.1) is 0 Å². The highest BCUT2D eigenvalue weighted by atomic mass is 16.3. The fourth-order valence-corrected chi connectivity index (χ4v) is 4.40. The van der Waals surface area contributed by atoms with Gasteiger partial charge in [0.25, 0.3) is 0 Å². The van der Waals surface area contributed by atoms with E-state index in [4.69, 9.17) is 0 Å². The van der Waals surface area contributed by atoms with Gasteiger partial charge in [0, 0.05) is 5.56 Å². The van der Waals surface area contributed by atoms with Gasteiger partial charge in [-0.05, 0) is 60.1 Å². The van der Waals surface area contributed by atoms with Gasteiger partial charge in [0.1, 0.15) is 11.5 Å². The van der Waals surface area contributed by atoms with E-state index in [-0.39, 0.29) is 5.75 Å². The van der Waals surface area contributed by atoms with Gasteiger partial charge in [-0.15, -0.1) is 0 Å². The Bertz CT molecular complexity index is 478. The van der Waals surface area contributed by atoms with Crippen LogP contribution in [0.3, 0.4) is 0 Å². The summed E-state index contributed by atoms with van der Waals surface area (Å²) < 4.78 is 0. The minimum absolute atomic E-state index is 0.258. The number of hydrogen-bond donors (Lipinski definition) is 2. The van der Waals surface area contributed by atoms with Crippen LogP contribution < -0.4 is 0 Å². The first-order valence-corrected chi connectivity index (χ1v) is 6.93. The van der Waals surface area contributed by atoms with E-state index in [2.05, 4.69) is 20.8 Å². The van der Waals surface area contributed by atoms with E-state index < -0.39 is 0 Å². The molecule has 1 aromatic rings. The molecule has 2 bridgehead atoms. The first kappa shape index (κ1) is 11.9. The number of aromatic hydroxyl groups is 2. The molecule has 0 amide bonds. The zero-order chi connectivity index (χ0) is 13.1. The maximum atomic E-state index is 10.0. The fraction of sp³-hybridized carbons (Fsp3) is 0.625. The molecule has 3 saturated carbocycles. The highest BCUT2D eigenvalue weighted by Crippen LogP contribution is 2.65. The van der Waals surface area contributed by atoms with Crippen LogP contribution in [0.5, 0.6) is 11.5 Å². The summed E-state index contributed by atoms with van der Waals surface area (Å²) >= 11 is 0. The van der Waals surface area contributed by atoms with E-state index in [9.17, 15) is 10.2 Å². The first-order chi connectivity index (χ1) is 8.41. The van der Waals surface area contributed by atoms with Crippen LogP contribution in [0.2, 0.25) is 0 Å². The van der Waals surface area contributed by atoms with Gasteiger partial charge in [-0.3, -0.25) is 0 Å². The highest BCUT2D eigenvalue weighted by molar-refractivity contribution is 5.42. The summed E-state index contributed by atoms with van der Waals surface area (Å²) in [6.07, 6.45) is 2.48. The fourth-order valence-electron chi connectivity index (χ4n) is 4.40. The number of phenolic OH excluding ortho intramolecular Hbond substituents is 2. The first-order valence-electron chi connectivity index (χ1n) is 6.93. The van der Waals surface area contributed by atoms with Crippen molar-refractivity contribution in [2.45, 2.75) is 39.5 Å². The molecule has 2 nitrogen and oxygen atoms in total. The largest absolute Gasteiger partial charge is 0.508 e. The molecule has 3 fully saturated rings. The molecule has 3 aliphatic carbocycles. The second-order valence-corrected chi connectivity index (χ2v) is 6.80. The van der Waals surface area contributed by atoms with E-state index >= 15 is 0 Å². The molecule has 0 radical (unpaired) electrons. The quantitative estimate of drug-likeness (QED) is 0.738. The van der Waals surface area contributed by atoms with Crippen LogP contribution in [0, 0.1) is 23.2 Å². The van der Waals surface area contributed by atoms with Crippen molar-refractivity contribution in [3.05, 3.63) is 23.8 Å². The molecule has 2 N–H and O–H groups in total. The van der Waals surface area contributed by atoms with Crippen molar-refractivity contribution in [3.8, 4) is 11.5 Å². The monoisotopic (exact) mass is 246 g/mol. The molecular weight excluding hydrogens is 224 g/mol. The lowest BCUT2D eigenvalue weighted by Gasteiger charge is -2.62. The van der Waals surface area contributed by atoms with Crippen molar-refractivity contribution in [1.29, 1.82) is 0 Å². The molecule has 18 heavy (non-hydrogen) atoms. The summed E-state index contributed by atoms with van der Waals surface area (Å²) in [5.41, 5.74) is 1.40. The van der Waals surface area contributed by atoms with E-state index in [0.29, 0.717) is 23.0 Å². The van der Waals surface area contributed by atoms with Crippen molar-refractivity contribution in [1.82, 2.24) is 0 Å². The maximum absolute atomic E-state index is 10.0. The predicted molar refractivity (Wildman–Crippen MR) is 71.7 cm³/mol. The SMILES string of the molecule is C[C@@H]1[C@H]2C[C@@H](C[C@H]1c1cc(O)ccc1O)C2(C)C. The molecule has 4 rings (SSSR count). The number of hydrogen-bond acceptors (Lipinski definition) is 2. The van der Waals surface area contributed by atoms with Crippen molar-refractivity contribution >= 4 is 0 Å². The lowest BCUT2D eigenvalue weighted by molar-refractivity contribution is -0.111. The molecule has 4 atom stereocenters. The standard InChI is InChI=1S/C16H22O2/c1-9-12(6-10-7-14(9)16(10,2)3)13-8-11(17)4-5-15(13)18/h4-5,8-10,12,14,17-18H,6-7H2,1-3H3/t9-,10+,12+,14+/m0/s1. The molecule has 98 valence electrons. The van der Waals surface area contributed by atoms with E-state index in [1.54, 1.807) is 18.2 Å². The van der Waals surface area contributed by atoms with Crippen LogP contribution in [0.4, 0.5) is 0 Å². The van der Waals surface area contributed by atoms with Gasteiger partial charge in [-0.1, -0.05) is 20.8 Å². The molecule has 0 unspecified atom stereocenters. The Morgan fingerprint density at radius 2 is 1.89 bits per heavy atom. The van der Waals surface area contributed by atoms with Crippen molar-refractivity contribution in [2.24, 2.45) is 23.2 Å². The Balaban J connectivity index is 1.93. The summed E-state index contributed by atoms with van der Waals surface area (Å²) in [6.45, 7) is 7.05. The molecule has 2 heteroatoms. The van der Waals surface area contributed by atoms with E-state index in [1.165, 1.54) is 6.42 Å². The van der Waals surface area contributed by atoms with Crippen molar-refractivity contribution < 1.29 is 10.2 Å². The molecule has 1 aromatic carbocycles. The Morgan fingerprint density at radius 1 is 1.17 bits per heavy atom. The average Bonchev–Trinajstić information content (AvgIpc) is 2.32. The third kappa shape index (κ3) is 1.47. The highest BCUT2D eigenvalue weighted by Gasteiger charge is 2.56. The van der Waals surface area contributed by atoms with Crippen LogP contribution in [0.25, 0.3) is 0 Å². The Labute approximate surface area is 109 Å². The summed E-state index contributed by atoms with van der Waals surface area (Å²) in [4.78, 5) is 0. The third-order valence-electron chi connectivity index (χ3n) is 5.76. The second kappa shape index (κ2) is 3.66. The Hall–Kier alpha value is -1.18. The lowest BCUT2D eigenvalue weighted by Crippen LogP contribution is -2.54. The van der Waals surface area contributed by atoms with E-state index in [1.807, 2.05) is 0 Å². The van der Waals surface area contributed by atoms with Crippen LogP contribution >= 0.6 is 0 Å². The molecule has 0 heterocycles. The molecule has 3 aliphatic rings. The van der Waals surface area contributed by atoms with Crippen LogP contribution in [-0.4, -0.2) is 10.2 Å². The molecule has 0 spiro atoms. The second-order valence-electron chi connectivity index (χ2n) is 6.80. The molecule has 0 saturated heterocycles. The zero-order valence-corrected chi connectivity index (χ0v) is 11.4. The van der Waals surface area contributed by atoms with Crippen LogP contribution in [0.1, 0.15) is 45.1 Å². The van der Waals surface area contributed by atoms with Gasteiger partial charge in [-0.2, -0.15) is 0 Å². The summed E-state index contributed by atoms with van der Waals surface area (Å²) in [7, 11) is 0. The minimum atomic E-state index is 0.258. The topological polar surface area (TPSA) is 40.5 Å². The van der Waals surface area contributed by atoms with Gasteiger partial charge in [0.2, 0.25) is 0 Å². The maximum Gasteiger partial charge on any atom is 0.119 e. The minimum Gasteiger partial charge on any atom is -0.508 e. The average molecular weight is 246 g/mol.